The van der Waals surface area contributed by atoms with Gasteiger partial charge < -0.3 is 5.32 Å². The molecule has 0 spiro atoms. The summed E-state index contributed by atoms with van der Waals surface area (Å²) in [5.74, 6) is 0.565. The second-order valence-electron chi connectivity index (χ2n) is 3.50. The fraction of sp³-hybridized carbons (Fsp3) is 0.455. The molecule has 0 aliphatic carbocycles. The smallest absolute Gasteiger partial charge is 0.320 e. The van der Waals surface area contributed by atoms with Gasteiger partial charge in [-0.1, -0.05) is 13.3 Å². The van der Waals surface area contributed by atoms with Gasteiger partial charge in [-0.15, -0.1) is 0 Å². The predicted molar refractivity (Wildman–Crippen MR) is 68.6 cm³/mol. The molecule has 0 saturated heterocycles. The lowest BCUT2D eigenvalue weighted by atomic mass is 10.3. The van der Waals surface area contributed by atoms with Crippen molar-refractivity contribution in [2.75, 3.05) is 11.9 Å². The highest BCUT2D eigenvalue weighted by atomic mass is 79.9. The maximum atomic E-state index is 11.4. The molecule has 2 N–H and O–H groups in total. The molecule has 0 fully saturated rings. The number of amides is 2. The van der Waals surface area contributed by atoms with E-state index in [1.165, 1.54) is 0 Å². The van der Waals surface area contributed by atoms with Gasteiger partial charge in [0.2, 0.25) is 0 Å². The van der Waals surface area contributed by atoms with E-state index in [0.717, 1.165) is 23.0 Å². The van der Waals surface area contributed by atoms with Crippen LogP contribution in [0.15, 0.2) is 16.6 Å². The van der Waals surface area contributed by atoms with Crippen molar-refractivity contribution in [3.63, 3.8) is 0 Å². The van der Waals surface area contributed by atoms with Crippen LogP contribution in [0.3, 0.4) is 0 Å². The number of rotatable bonds is 4. The van der Waals surface area contributed by atoms with Crippen molar-refractivity contribution in [3.05, 3.63) is 22.3 Å². The van der Waals surface area contributed by atoms with Gasteiger partial charge in [-0.3, -0.25) is 5.32 Å². The lowest BCUT2D eigenvalue weighted by Crippen LogP contribution is -2.29. The molecule has 1 rings (SSSR count). The third-order valence-electron chi connectivity index (χ3n) is 2.08. The molecular weight excluding hydrogens is 270 g/mol. The van der Waals surface area contributed by atoms with Crippen LogP contribution in [-0.2, 0) is 0 Å². The Morgan fingerprint density at radius 3 is 2.88 bits per heavy atom. The Hall–Kier alpha value is -1.10. The number of aryl methyl sites for hydroxylation is 1. The second kappa shape index (κ2) is 6.48. The molecule has 1 heterocycles. The van der Waals surface area contributed by atoms with E-state index in [9.17, 15) is 4.79 Å². The van der Waals surface area contributed by atoms with Gasteiger partial charge in [0.15, 0.2) is 0 Å². The number of halogens is 1. The molecule has 5 heteroatoms. The molecule has 0 aliphatic heterocycles. The number of carbonyl (C=O) groups excluding carboxylic acids is 1. The van der Waals surface area contributed by atoms with E-state index < -0.39 is 0 Å². The zero-order valence-corrected chi connectivity index (χ0v) is 11.1. The number of hydrogen-bond donors (Lipinski definition) is 2. The van der Waals surface area contributed by atoms with Crippen molar-refractivity contribution in [1.29, 1.82) is 0 Å². The van der Waals surface area contributed by atoms with Crippen LogP contribution in [0.2, 0.25) is 0 Å². The Bertz CT molecular complexity index is 368. The number of hydrogen-bond acceptors (Lipinski definition) is 2. The summed E-state index contributed by atoms with van der Waals surface area (Å²) in [6.45, 7) is 4.65. The highest BCUT2D eigenvalue weighted by Crippen LogP contribution is 2.15. The third kappa shape index (κ3) is 4.18. The van der Waals surface area contributed by atoms with Crippen LogP contribution in [0.4, 0.5) is 10.6 Å². The molecule has 88 valence electrons. The maximum Gasteiger partial charge on any atom is 0.320 e. The number of aromatic nitrogens is 1. The van der Waals surface area contributed by atoms with Crippen LogP contribution in [0.25, 0.3) is 0 Å². The summed E-state index contributed by atoms with van der Waals surface area (Å²) in [7, 11) is 0. The second-order valence-corrected chi connectivity index (χ2v) is 4.35. The van der Waals surface area contributed by atoms with Crippen LogP contribution < -0.4 is 10.6 Å². The summed E-state index contributed by atoms with van der Waals surface area (Å²) in [5.41, 5.74) is 0.853. The minimum Gasteiger partial charge on any atom is -0.338 e. The molecule has 0 bridgehead atoms. The van der Waals surface area contributed by atoms with Crippen molar-refractivity contribution in [1.82, 2.24) is 10.3 Å². The molecule has 1 aromatic heterocycles. The van der Waals surface area contributed by atoms with Crippen molar-refractivity contribution in [3.8, 4) is 0 Å². The van der Waals surface area contributed by atoms with Crippen LogP contribution in [0.5, 0.6) is 0 Å². The van der Waals surface area contributed by atoms with E-state index in [-0.39, 0.29) is 6.03 Å². The summed E-state index contributed by atoms with van der Waals surface area (Å²) in [6, 6.07) is 3.42. The van der Waals surface area contributed by atoms with Gasteiger partial charge in [-0.25, -0.2) is 9.78 Å². The quantitative estimate of drug-likeness (QED) is 0.836. The summed E-state index contributed by atoms with van der Waals surface area (Å²) in [4.78, 5) is 15.6. The fourth-order valence-electron chi connectivity index (χ4n) is 1.15. The van der Waals surface area contributed by atoms with Gasteiger partial charge in [0, 0.05) is 11.0 Å². The Labute approximate surface area is 104 Å². The van der Waals surface area contributed by atoms with Gasteiger partial charge in [-0.05, 0) is 41.4 Å². The van der Waals surface area contributed by atoms with Gasteiger partial charge in [0.05, 0.1) is 5.69 Å². The van der Waals surface area contributed by atoms with Crippen LogP contribution in [0.1, 0.15) is 25.5 Å². The van der Waals surface area contributed by atoms with Gasteiger partial charge in [-0.2, -0.15) is 0 Å². The molecule has 0 radical (unpaired) electrons. The molecular formula is C11H16BrN3O. The molecule has 1 aromatic rings. The van der Waals surface area contributed by atoms with E-state index in [0.29, 0.717) is 12.4 Å². The van der Waals surface area contributed by atoms with Crippen molar-refractivity contribution >= 4 is 27.8 Å². The van der Waals surface area contributed by atoms with Crippen molar-refractivity contribution < 1.29 is 4.79 Å². The number of carbonyl (C=O) groups is 1. The van der Waals surface area contributed by atoms with Gasteiger partial charge in [0.1, 0.15) is 5.82 Å². The van der Waals surface area contributed by atoms with Crippen LogP contribution in [-0.4, -0.2) is 17.6 Å². The largest absolute Gasteiger partial charge is 0.338 e. The van der Waals surface area contributed by atoms with Crippen molar-refractivity contribution in [2.24, 2.45) is 0 Å². The molecule has 2 amide bonds. The van der Waals surface area contributed by atoms with E-state index in [2.05, 4.69) is 38.5 Å². The number of pyridine rings is 1. The number of nitrogens with zero attached hydrogens (tertiary/aromatic N) is 1. The SMILES string of the molecule is CCCCNC(=O)Nc1ccc(Br)c(C)n1. The molecule has 0 saturated carbocycles. The lowest BCUT2D eigenvalue weighted by molar-refractivity contribution is 0.252. The average molecular weight is 286 g/mol. The third-order valence-corrected chi connectivity index (χ3v) is 2.92. The zero-order chi connectivity index (χ0) is 12.0. The first-order valence-corrected chi connectivity index (χ1v) is 6.10. The number of nitrogens with one attached hydrogen (secondary N) is 2. The first kappa shape index (κ1) is 13.0. The molecule has 0 unspecified atom stereocenters. The Morgan fingerprint density at radius 2 is 2.25 bits per heavy atom. The monoisotopic (exact) mass is 285 g/mol. The molecule has 0 atom stereocenters. The maximum absolute atomic E-state index is 11.4. The predicted octanol–water partition coefficient (Wildman–Crippen LogP) is 3.07. The van der Waals surface area contributed by atoms with E-state index >= 15 is 0 Å². The standard InChI is InChI=1S/C11H16BrN3O/c1-3-4-7-13-11(16)15-10-6-5-9(12)8(2)14-10/h5-6H,3-4,7H2,1-2H3,(H2,13,14,15,16). The highest BCUT2D eigenvalue weighted by molar-refractivity contribution is 9.10. The first-order chi connectivity index (χ1) is 7.63. The summed E-state index contributed by atoms with van der Waals surface area (Å²) >= 11 is 3.36. The number of unbranched alkanes of at least 4 members (excludes halogenated alkanes) is 1. The summed E-state index contributed by atoms with van der Waals surface area (Å²) in [6.07, 6.45) is 2.05. The normalized spacial score (nSPS) is 9.94. The fourth-order valence-corrected chi connectivity index (χ4v) is 1.37. The van der Waals surface area contributed by atoms with E-state index in [1.54, 1.807) is 6.07 Å². The summed E-state index contributed by atoms with van der Waals surface area (Å²) in [5, 5.41) is 5.45. The minimum atomic E-state index is -0.206. The molecule has 16 heavy (non-hydrogen) atoms. The Morgan fingerprint density at radius 1 is 1.50 bits per heavy atom. The minimum absolute atomic E-state index is 0.206. The Balaban J connectivity index is 2.46. The molecule has 0 aliphatic rings. The molecule has 0 aromatic carbocycles. The summed E-state index contributed by atoms with van der Waals surface area (Å²) < 4.78 is 0.935. The lowest BCUT2D eigenvalue weighted by Gasteiger charge is -2.07. The number of anilines is 1. The Kier molecular flexibility index (Phi) is 5.25. The van der Waals surface area contributed by atoms with Crippen molar-refractivity contribution in [2.45, 2.75) is 26.7 Å². The highest BCUT2D eigenvalue weighted by Gasteiger charge is 2.03. The van der Waals surface area contributed by atoms with E-state index in [4.69, 9.17) is 0 Å². The average Bonchev–Trinajstić information content (AvgIpc) is 2.24. The van der Waals surface area contributed by atoms with Crippen LogP contribution in [0, 0.1) is 6.92 Å². The van der Waals surface area contributed by atoms with Crippen LogP contribution >= 0.6 is 15.9 Å². The van der Waals surface area contributed by atoms with E-state index in [1.807, 2.05) is 13.0 Å². The van der Waals surface area contributed by atoms with Gasteiger partial charge in [0.25, 0.3) is 0 Å². The first-order valence-electron chi connectivity index (χ1n) is 5.31. The zero-order valence-electron chi connectivity index (χ0n) is 9.51. The topological polar surface area (TPSA) is 54.0 Å². The van der Waals surface area contributed by atoms with Gasteiger partial charge >= 0.3 is 6.03 Å². The number of urea groups is 1. The molecule has 4 nitrogen and oxygen atoms in total.